The van der Waals surface area contributed by atoms with E-state index in [1.165, 1.54) is 0 Å². The Kier molecular flexibility index (Phi) is 4.86. The molecule has 0 amide bonds. The van der Waals surface area contributed by atoms with Crippen LogP contribution in [0.25, 0.3) is 0 Å². The number of hydrogen-bond donors (Lipinski definition) is 0. The van der Waals surface area contributed by atoms with Crippen LogP contribution in [0.3, 0.4) is 0 Å². The quantitative estimate of drug-likeness (QED) is 0.599. The summed E-state index contributed by atoms with van der Waals surface area (Å²) in [5.41, 5.74) is 0.863. The molecule has 0 N–H and O–H groups in total. The van der Waals surface area contributed by atoms with Gasteiger partial charge in [-0.25, -0.2) is 0 Å². The maximum absolute atomic E-state index is 11.7. The van der Waals surface area contributed by atoms with Crippen LogP contribution in [-0.4, -0.2) is 15.5 Å². The zero-order chi connectivity index (χ0) is 12.3. The van der Waals surface area contributed by atoms with Crippen molar-refractivity contribution in [1.29, 1.82) is 0 Å². The molecule has 0 bridgehead atoms. The fourth-order valence-corrected chi connectivity index (χ4v) is 2.18. The summed E-state index contributed by atoms with van der Waals surface area (Å²) in [6.45, 7) is 5.66. The second kappa shape index (κ2) is 5.54. The van der Waals surface area contributed by atoms with E-state index in [9.17, 15) is 4.55 Å². The number of benzene rings is 1. The molecule has 0 saturated carbocycles. The molecule has 1 aromatic carbocycles. The highest BCUT2D eigenvalue weighted by Gasteiger charge is 2.25. The van der Waals surface area contributed by atoms with Crippen LogP contribution in [-0.2, 0) is 11.4 Å². The summed E-state index contributed by atoms with van der Waals surface area (Å²) in [6.07, 6.45) is 1.60. The Morgan fingerprint density at radius 1 is 1.44 bits per heavy atom. The second-order valence-electron chi connectivity index (χ2n) is 4.26. The van der Waals surface area contributed by atoms with Gasteiger partial charge in [0.25, 0.3) is 0 Å². The predicted molar refractivity (Wildman–Crippen MR) is 74.6 cm³/mol. The van der Waals surface area contributed by atoms with E-state index in [1.807, 2.05) is 26.8 Å². The average molecular weight is 323 g/mol. The van der Waals surface area contributed by atoms with Crippen LogP contribution in [0.2, 0.25) is 5.02 Å². The molecule has 5 heteroatoms. The highest BCUT2D eigenvalue weighted by atomic mass is 79.9. The van der Waals surface area contributed by atoms with E-state index < -0.39 is 11.4 Å². The molecule has 16 heavy (non-hydrogen) atoms. The summed E-state index contributed by atoms with van der Waals surface area (Å²) in [6, 6.07) is 5.38. The minimum atomic E-state index is -1.24. The van der Waals surface area contributed by atoms with E-state index in [4.69, 9.17) is 11.6 Å². The van der Waals surface area contributed by atoms with Crippen LogP contribution in [0.4, 0.5) is 0 Å². The normalized spacial score (nSPS) is 14.4. The van der Waals surface area contributed by atoms with Crippen LogP contribution in [0.15, 0.2) is 27.1 Å². The fraction of sp³-hybridized carbons (Fsp3) is 0.364. The lowest BCUT2D eigenvalue weighted by Crippen LogP contribution is -2.25. The van der Waals surface area contributed by atoms with E-state index in [-0.39, 0.29) is 4.75 Å². The standard InChI is InChI=1S/C11H13BrClNOS/c1-11(2,3)16(15)14-7-8-4-5-9(13)6-10(8)12/h4-7H,1-3H3/b14-7+. The monoisotopic (exact) mass is 321 g/mol. The summed E-state index contributed by atoms with van der Waals surface area (Å²) in [7, 11) is 0. The number of nitrogens with zero attached hydrogens (tertiary/aromatic N) is 1. The smallest absolute Gasteiger partial charge is 0.144 e. The molecule has 0 aliphatic carbocycles. The fourth-order valence-electron chi connectivity index (χ4n) is 0.869. The van der Waals surface area contributed by atoms with Crippen molar-refractivity contribution >= 4 is 45.1 Å². The van der Waals surface area contributed by atoms with Gasteiger partial charge in [-0.3, -0.25) is 0 Å². The Labute approximate surface area is 113 Å². The molecule has 1 atom stereocenters. The lowest BCUT2D eigenvalue weighted by atomic mass is 10.2. The third kappa shape index (κ3) is 4.09. The summed E-state index contributed by atoms with van der Waals surface area (Å²) >= 11 is 7.95. The first-order valence-electron chi connectivity index (χ1n) is 4.72. The molecular weight excluding hydrogens is 310 g/mol. The Bertz CT molecular complexity index is 403. The van der Waals surface area contributed by atoms with Gasteiger partial charge in [0, 0.05) is 15.1 Å². The molecule has 0 aromatic heterocycles. The van der Waals surface area contributed by atoms with Gasteiger partial charge in [-0.2, -0.15) is 0 Å². The number of halogens is 2. The Hall–Kier alpha value is -0.0300. The molecule has 0 fully saturated rings. The topological polar surface area (TPSA) is 35.4 Å². The first-order chi connectivity index (χ1) is 7.30. The highest BCUT2D eigenvalue weighted by Crippen LogP contribution is 2.21. The maximum Gasteiger partial charge on any atom is 0.144 e. The van der Waals surface area contributed by atoms with E-state index >= 15 is 0 Å². The van der Waals surface area contributed by atoms with Gasteiger partial charge in [0.05, 0.1) is 6.21 Å². The largest absolute Gasteiger partial charge is 0.591 e. The average Bonchev–Trinajstić information content (AvgIpc) is 2.14. The Balaban J connectivity index is 2.85. The third-order valence-electron chi connectivity index (χ3n) is 1.77. The van der Waals surface area contributed by atoms with Crippen LogP contribution in [0.5, 0.6) is 0 Å². The van der Waals surface area contributed by atoms with Crippen molar-refractivity contribution in [2.75, 3.05) is 0 Å². The zero-order valence-corrected chi connectivity index (χ0v) is 12.5. The molecule has 0 heterocycles. The van der Waals surface area contributed by atoms with Gasteiger partial charge in [0.2, 0.25) is 0 Å². The molecule has 2 nitrogen and oxygen atoms in total. The number of rotatable bonds is 2. The van der Waals surface area contributed by atoms with Gasteiger partial charge in [-0.05, 0) is 32.9 Å². The summed E-state index contributed by atoms with van der Waals surface area (Å²) in [4.78, 5) is 0. The van der Waals surface area contributed by atoms with Crippen molar-refractivity contribution in [1.82, 2.24) is 0 Å². The summed E-state index contributed by atoms with van der Waals surface area (Å²) in [5, 5.41) is 0.654. The summed E-state index contributed by atoms with van der Waals surface area (Å²) < 4.78 is 16.2. The predicted octanol–water partition coefficient (Wildman–Crippen LogP) is 3.98. The lowest BCUT2D eigenvalue weighted by Gasteiger charge is -2.17. The van der Waals surface area contributed by atoms with E-state index in [0.717, 1.165) is 10.0 Å². The first kappa shape index (κ1) is 14.0. The molecule has 1 aromatic rings. The lowest BCUT2D eigenvalue weighted by molar-refractivity contribution is 0.562. The molecular formula is C11H13BrClNOS. The van der Waals surface area contributed by atoms with Crippen molar-refractivity contribution in [3.8, 4) is 0 Å². The molecule has 0 aliphatic rings. The molecule has 0 saturated heterocycles. The van der Waals surface area contributed by atoms with Crippen LogP contribution in [0.1, 0.15) is 26.3 Å². The molecule has 88 valence electrons. The van der Waals surface area contributed by atoms with Gasteiger partial charge < -0.3 is 4.55 Å². The van der Waals surface area contributed by atoms with Gasteiger partial charge in [-0.1, -0.05) is 38.0 Å². The minimum Gasteiger partial charge on any atom is -0.591 e. The number of hydrogen-bond acceptors (Lipinski definition) is 2. The highest BCUT2D eigenvalue weighted by molar-refractivity contribution is 9.10. The molecule has 0 radical (unpaired) electrons. The summed E-state index contributed by atoms with van der Waals surface area (Å²) in [5.74, 6) is 0. The van der Waals surface area contributed by atoms with Gasteiger partial charge >= 0.3 is 0 Å². The second-order valence-corrected chi connectivity index (χ2v) is 7.49. The van der Waals surface area contributed by atoms with Crippen LogP contribution < -0.4 is 0 Å². The van der Waals surface area contributed by atoms with Crippen molar-refractivity contribution in [2.24, 2.45) is 4.40 Å². The van der Waals surface area contributed by atoms with Gasteiger partial charge in [0.15, 0.2) is 0 Å². The Morgan fingerprint density at radius 2 is 2.06 bits per heavy atom. The minimum absolute atomic E-state index is 0.338. The van der Waals surface area contributed by atoms with E-state index in [0.29, 0.717) is 5.02 Å². The zero-order valence-electron chi connectivity index (χ0n) is 9.33. The third-order valence-corrected chi connectivity index (χ3v) is 4.04. The maximum atomic E-state index is 11.7. The SMILES string of the molecule is CC(C)(C)[S+]([O-])/N=C/c1ccc(Cl)cc1Br. The van der Waals surface area contributed by atoms with Crippen molar-refractivity contribution < 1.29 is 4.55 Å². The molecule has 0 spiro atoms. The van der Waals surface area contributed by atoms with E-state index in [2.05, 4.69) is 20.3 Å². The van der Waals surface area contributed by atoms with E-state index in [1.54, 1.807) is 18.3 Å². The van der Waals surface area contributed by atoms with Crippen LogP contribution in [0, 0.1) is 0 Å². The van der Waals surface area contributed by atoms with Crippen LogP contribution >= 0.6 is 27.5 Å². The molecule has 1 unspecified atom stereocenters. The first-order valence-corrected chi connectivity index (χ1v) is 6.99. The molecule has 1 rings (SSSR count). The van der Waals surface area contributed by atoms with Gasteiger partial charge in [-0.15, -0.1) is 0 Å². The van der Waals surface area contributed by atoms with Crippen molar-refractivity contribution in [3.63, 3.8) is 0 Å². The van der Waals surface area contributed by atoms with Gasteiger partial charge in [0.1, 0.15) is 16.1 Å². The van der Waals surface area contributed by atoms with Crippen molar-refractivity contribution in [3.05, 3.63) is 33.3 Å². The van der Waals surface area contributed by atoms with Crippen molar-refractivity contribution in [2.45, 2.75) is 25.5 Å². The molecule has 0 aliphatic heterocycles. The Morgan fingerprint density at radius 3 is 2.56 bits per heavy atom.